The summed E-state index contributed by atoms with van der Waals surface area (Å²) in [6.07, 6.45) is 0.525. The maximum Gasteiger partial charge on any atom is 0.275 e. The molecule has 0 amide bonds. The molecule has 0 spiro atoms. The molecule has 0 aliphatic carbocycles. The van der Waals surface area contributed by atoms with E-state index in [1.165, 1.54) is 31.2 Å². The second-order valence-electron chi connectivity index (χ2n) is 4.23. The molecule has 0 radical (unpaired) electrons. The zero-order valence-corrected chi connectivity index (χ0v) is 11.6. The van der Waals surface area contributed by atoms with E-state index in [1.54, 1.807) is 0 Å². The number of nitro groups is 1. The van der Waals surface area contributed by atoms with Crippen LogP contribution in [0.2, 0.25) is 5.02 Å². The van der Waals surface area contributed by atoms with Gasteiger partial charge in [0.15, 0.2) is 17.9 Å². The minimum absolute atomic E-state index is 0.113. The average Bonchev–Trinajstić information content (AvgIpc) is 2.43. The Balaban J connectivity index is 2.43. The number of benzene rings is 2. The Bertz CT molecular complexity index is 733. The fourth-order valence-corrected chi connectivity index (χ4v) is 1.92. The SMILES string of the molecule is Cc1cc(Oc2ccc(Cl)cc2C=O)c(F)cc1[N+](=O)[O-]. The van der Waals surface area contributed by atoms with Crippen LogP contribution in [0.1, 0.15) is 15.9 Å². The molecular formula is C14H9ClFNO4. The highest BCUT2D eigenvalue weighted by Gasteiger charge is 2.17. The van der Waals surface area contributed by atoms with Gasteiger partial charge in [0, 0.05) is 10.6 Å². The normalized spacial score (nSPS) is 10.2. The van der Waals surface area contributed by atoms with Gasteiger partial charge in [-0.15, -0.1) is 0 Å². The van der Waals surface area contributed by atoms with Crippen LogP contribution in [0.3, 0.4) is 0 Å². The highest BCUT2D eigenvalue weighted by molar-refractivity contribution is 6.30. The summed E-state index contributed by atoms with van der Waals surface area (Å²) < 4.78 is 19.2. The molecule has 0 aliphatic rings. The lowest BCUT2D eigenvalue weighted by molar-refractivity contribution is -0.385. The number of carbonyl (C=O) groups excluding carboxylic acids is 1. The van der Waals surface area contributed by atoms with Gasteiger partial charge in [-0.1, -0.05) is 11.6 Å². The number of aldehydes is 1. The first kappa shape index (κ1) is 14.9. The van der Waals surface area contributed by atoms with Gasteiger partial charge in [0.1, 0.15) is 5.75 Å². The summed E-state index contributed by atoms with van der Waals surface area (Å²) >= 11 is 5.75. The number of rotatable bonds is 4. The number of carbonyl (C=O) groups is 1. The molecule has 2 aromatic rings. The number of nitrogens with zero attached hydrogens (tertiary/aromatic N) is 1. The molecule has 5 nitrogen and oxygen atoms in total. The van der Waals surface area contributed by atoms with Gasteiger partial charge in [-0.05, 0) is 31.2 Å². The smallest absolute Gasteiger partial charge is 0.275 e. The molecule has 0 atom stereocenters. The van der Waals surface area contributed by atoms with Crippen LogP contribution in [0.5, 0.6) is 11.5 Å². The minimum atomic E-state index is -0.890. The maximum absolute atomic E-state index is 13.8. The van der Waals surface area contributed by atoms with Crippen LogP contribution < -0.4 is 4.74 Å². The lowest BCUT2D eigenvalue weighted by Crippen LogP contribution is -1.97. The zero-order chi connectivity index (χ0) is 15.6. The number of nitro benzene ring substituents is 1. The van der Waals surface area contributed by atoms with Crippen molar-refractivity contribution in [3.05, 3.63) is 62.4 Å². The van der Waals surface area contributed by atoms with Crippen LogP contribution in [0.4, 0.5) is 10.1 Å². The van der Waals surface area contributed by atoms with Crippen LogP contribution in [0.25, 0.3) is 0 Å². The van der Waals surface area contributed by atoms with E-state index in [9.17, 15) is 19.3 Å². The number of aryl methyl sites for hydroxylation is 1. The Labute approximate surface area is 124 Å². The standard InChI is InChI=1S/C14H9ClFNO4/c1-8-4-14(11(16)6-12(8)17(19)20)21-13-3-2-10(15)5-9(13)7-18/h2-7H,1H3. The Kier molecular flexibility index (Phi) is 4.18. The van der Waals surface area contributed by atoms with E-state index in [4.69, 9.17) is 16.3 Å². The van der Waals surface area contributed by atoms with E-state index < -0.39 is 10.7 Å². The van der Waals surface area contributed by atoms with Crippen LogP contribution >= 0.6 is 11.6 Å². The Morgan fingerprint density at radius 3 is 2.62 bits per heavy atom. The Morgan fingerprint density at radius 1 is 1.29 bits per heavy atom. The van der Waals surface area contributed by atoms with Gasteiger partial charge >= 0.3 is 0 Å². The first-order chi connectivity index (χ1) is 9.92. The monoisotopic (exact) mass is 309 g/mol. The van der Waals surface area contributed by atoms with Gasteiger partial charge in [-0.2, -0.15) is 0 Å². The van der Waals surface area contributed by atoms with Crippen molar-refractivity contribution in [1.29, 1.82) is 0 Å². The van der Waals surface area contributed by atoms with Gasteiger partial charge in [0.2, 0.25) is 0 Å². The third-order valence-electron chi connectivity index (χ3n) is 2.77. The fraction of sp³-hybridized carbons (Fsp3) is 0.0714. The summed E-state index contributed by atoms with van der Waals surface area (Å²) in [7, 11) is 0. The maximum atomic E-state index is 13.8. The van der Waals surface area contributed by atoms with Gasteiger partial charge in [-0.3, -0.25) is 14.9 Å². The summed E-state index contributed by atoms with van der Waals surface area (Å²) in [5, 5.41) is 11.1. The zero-order valence-electron chi connectivity index (χ0n) is 10.8. The lowest BCUT2D eigenvalue weighted by Gasteiger charge is -2.10. The highest BCUT2D eigenvalue weighted by atomic mass is 35.5. The molecule has 0 saturated carbocycles. The first-order valence-corrected chi connectivity index (χ1v) is 6.17. The van der Waals surface area contributed by atoms with Gasteiger partial charge in [0.05, 0.1) is 16.6 Å². The van der Waals surface area contributed by atoms with Crippen molar-refractivity contribution in [1.82, 2.24) is 0 Å². The summed E-state index contributed by atoms with van der Waals surface area (Å²) in [6.45, 7) is 1.47. The molecule has 108 valence electrons. The third-order valence-corrected chi connectivity index (χ3v) is 3.00. The summed E-state index contributed by atoms with van der Waals surface area (Å²) in [6, 6.07) is 6.26. The molecule has 0 unspecified atom stereocenters. The van der Waals surface area contributed by atoms with Crippen LogP contribution in [-0.2, 0) is 0 Å². The molecular weight excluding hydrogens is 301 g/mol. The van der Waals surface area contributed by atoms with Crippen molar-refractivity contribution in [3.63, 3.8) is 0 Å². The topological polar surface area (TPSA) is 69.4 Å². The van der Waals surface area contributed by atoms with Gasteiger partial charge in [0.25, 0.3) is 5.69 Å². The fourth-order valence-electron chi connectivity index (χ4n) is 1.74. The van der Waals surface area contributed by atoms with Crippen molar-refractivity contribution < 1.29 is 18.8 Å². The van der Waals surface area contributed by atoms with Crippen molar-refractivity contribution in [2.75, 3.05) is 0 Å². The van der Waals surface area contributed by atoms with Gasteiger partial charge in [-0.25, -0.2) is 4.39 Å². The molecule has 0 heterocycles. The van der Waals surface area contributed by atoms with E-state index in [1.807, 2.05) is 0 Å². The number of halogens is 2. The average molecular weight is 310 g/mol. The molecule has 7 heteroatoms. The number of ether oxygens (including phenoxy) is 1. The molecule has 0 aromatic heterocycles. The molecule has 0 bridgehead atoms. The van der Waals surface area contributed by atoms with Crippen molar-refractivity contribution in [2.24, 2.45) is 0 Å². The second-order valence-corrected chi connectivity index (χ2v) is 4.66. The molecule has 0 aliphatic heterocycles. The molecule has 2 rings (SSSR count). The summed E-state index contributed by atoms with van der Waals surface area (Å²) in [5.41, 5.74) is 0.0579. The Morgan fingerprint density at radius 2 is 2.00 bits per heavy atom. The largest absolute Gasteiger partial charge is 0.454 e. The number of hydrogen-bond acceptors (Lipinski definition) is 4. The lowest BCUT2D eigenvalue weighted by atomic mass is 10.2. The molecule has 0 fully saturated rings. The van der Waals surface area contributed by atoms with Crippen molar-refractivity contribution in [3.8, 4) is 11.5 Å². The predicted octanol–water partition coefficient (Wildman–Crippen LogP) is 4.30. The van der Waals surface area contributed by atoms with Crippen LogP contribution in [-0.4, -0.2) is 11.2 Å². The number of hydrogen-bond donors (Lipinski definition) is 0. The minimum Gasteiger partial charge on any atom is -0.454 e. The molecule has 0 N–H and O–H groups in total. The van der Waals surface area contributed by atoms with E-state index in [2.05, 4.69) is 0 Å². The van der Waals surface area contributed by atoms with Crippen molar-refractivity contribution in [2.45, 2.75) is 6.92 Å². The molecule has 2 aromatic carbocycles. The van der Waals surface area contributed by atoms with E-state index >= 15 is 0 Å². The van der Waals surface area contributed by atoms with E-state index in [0.29, 0.717) is 11.3 Å². The van der Waals surface area contributed by atoms with Crippen LogP contribution in [0, 0.1) is 22.9 Å². The quantitative estimate of drug-likeness (QED) is 0.479. The summed E-state index contributed by atoms with van der Waals surface area (Å²) in [4.78, 5) is 21.0. The third kappa shape index (κ3) is 3.17. The second kappa shape index (κ2) is 5.88. The predicted molar refractivity (Wildman–Crippen MR) is 74.7 cm³/mol. The molecule has 0 saturated heterocycles. The molecule has 21 heavy (non-hydrogen) atoms. The van der Waals surface area contributed by atoms with Gasteiger partial charge < -0.3 is 4.74 Å². The van der Waals surface area contributed by atoms with Crippen LogP contribution in [0.15, 0.2) is 30.3 Å². The summed E-state index contributed by atoms with van der Waals surface area (Å²) in [5.74, 6) is -0.982. The first-order valence-electron chi connectivity index (χ1n) is 5.79. The van der Waals surface area contributed by atoms with E-state index in [-0.39, 0.29) is 28.3 Å². The van der Waals surface area contributed by atoms with E-state index in [0.717, 1.165) is 6.07 Å². The highest BCUT2D eigenvalue weighted by Crippen LogP contribution is 2.32. The Hall–Kier alpha value is -2.47. The van der Waals surface area contributed by atoms with Crippen molar-refractivity contribution >= 4 is 23.6 Å².